The van der Waals surface area contributed by atoms with Crippen molar-refractivity contribution in [2.24, 2.45) is 0 Å². The van der Waals surface area contributed by atoms with E-state index in [2.05, 4.69) is 50.3 Å². The van der Waals surface area contributed by atoms with Gasteiger partial charge in [-0.15, -0.1) is 0 Å². The molecule has 0 aliphatic heterocycles. The number of ether oxygens (including phenoxy) is 2. The van der Waals surface area contributed by atoms with Gasteiger partial charge in [0, 0.05) is 12.8 Å². The average Bonchev–Trinajstić information content (AvgIpc) is 3.21. The van der Waals surface area contributed by atoms with E-state index in [-0.39, 0.29) is 19.4 Å². The predicted octanol–water partition coefficient (Wildman–Crippen LogP) is 12.7. The summed E-state index contributed by atoms with van der Waals surface area (Å²) in [5.74, 6) is -0.935. The molecule has 0 heterocycles. The Morgan fingerprint density at radius 3 is 1.34 bits per heavy atom. The van der Waals surface area contributed by atoms with Crippen molar-refractivity contribution in [2.75, 3.05) is 26.4 Å². The van der Waals surface area contributed by atoms with Gasteiger partial charge in [0.1, 0.15) is 12.7 Å². The van der Waals surface area contributed by atoms with Gasteiger partial charge in [-0.3, -0.25) is 18.6 Å². The number of hydrogen-bond acceptors (Lipinski definition) is 9. The van der Waals surface area contributed by atoms with E-state index >= 15 is 0 Å². The Balaban J connectivity index is 4.24. The van der Waals surface area contributed by atoms with Crippen molar-refractivity contribution in [3.63, 3.8) is 0 Å². The maximum Gasteiger partial charge on any atom is 0.472 e. The highest BCUT2D eigenvalue weighted by atomic mass is 31.2. The second-order valence-electron chi connectivity index (χ2n) is 15.8. The summed E-state index contributed by atoms with van der Waals surface area (Å²) in [6, 6.07) is 0. The molecule has 0 rings (SSSR count). The van der Waals surface area contributed by atoms with E-state index in [0.29, 0.717) is 12.8 Å². The molecular formula is C47H87O10P. The van der Waals surface area contributed by atoms with Crippen LogP contribution in [0.2, 0.25) is 0 Å². The molecule has 0 saturated heterocycles. The maximum absolute atomic E-state index is 12.6. The van der Waals surface area contributed by atoms with Gasteiger partial charge in [-0.2, -0.15) is 0 Å². The molecule has 58 heavy (non-hydrogen) atoms. The lowest BCUT2D eigenvalue weighted by Gasteiger charge is -2.20. The summed E-state index contributed by atoms with van der Waals surface area (Å²) < 4.78 is 32.8. The number of hydrogen-bond donors (Lipinski definition) is 3. The van der Waals surface area contributed by atoms with Crippen LogP contribution < -0.4 is 0 Å². The summed E-state index contributed by atoms with van der Waals surface area (Å²) in [6.07, 6.45) is 45.3. The molecule has 10 nitrogen and oxygen atoms in total. The maximum atomic E-state index is 12.6. The number of carbonyl (C=O) groups is 2. The van der Waals surface area contributed by atoms with Crippen molar-refractivity contribution in [3.8, 4) is 0 Å². The molecule has 0 radical (unpaired) electrons. The number of phosphoric acid groups is 1. The van der Waals surface area contributed by atoms with Gasteiger partial charge in [0.25, 0.3) is 0 Å². The molecule has 3 atom stereocenters. The molecular weight excluding hydrogens is 755 g/mol. The van der Waals surface area contributed by atoms with Gasteiger partial charge in [-0.05, 0) is 70.6 Å². The number of allylic oxidation sites excluding steroid dienone is 6. The Hall–Kier alpha value is -1.81. The minimum absolute atomic E-state index is 0.178. The van der Waals surface area contributed by atoms with Gasteiger partial charge in [-0.25, -0.2) is 4.57 Å². The van der Waals surface area contributed by atoms with Crippen LogP contribution in [0.15, 0.2) is 36.5 Å². The van der Waals surface area contributed by atoms with E-state index in [1.165, 1.54) is 103 Å². The molecule has 0 spiro atoms. The van der Waals surface area contributed by atoms with Gasteiger partial charge in [0.15, 0.2) is 6.10 Å². The summed E-state index contributed by atoms with van der Waals surface area (Å²) in [5.41, 5.74) is 0. The molecule has 0 bridgehead atoms. The van der Waals surface area contributed by atoms with Crippen molar-refractivity contribution in [2.45, 2.75) is 225 Å². The highest BCUT2D eigenvalue weighted by Crippen LogP contribution is 2.43. The Morgan fingerprint density at radius 2 is 0.897 bits per heavy atom. The second kappa shape index (κ2) is 43.3. The van der Waals surface area contributed by atoms with Crippen LogP contribution >= 0.6 is 7.82 Å². The summed E-state index contributed by atoms with van der Waals surface area (Å²) in [6.45, 7) is 2.36. The van der Waals surface area contributed by atoms with Crippen molar-refractivity contribution in [1.82, 2.24) is 0 Å². The summed E-state index contributed by atoms with van der Waals surface area (Å²) >= 11 is 0. The molecule has 0 aromatic rings. The van der Waals surface area contributed by atoms with Crippen molar-refractivity contribution < 1.29 is 47.8 Å². The van der Waals surface area contributed by atoms with Crippen molar-refractivity contribution in [1.29, 1.82) is 0 Å². The molecule has 0 fully saturated rings. The largest absolute Gasteiger partial charge is 0.472 e. The second-order valence-corrected chi connectivity index (χ2v) is 17.2. The minimum atomic E-state index is -4.62. The highest BCUT2D eigenvalue weighted by Gasteiger charge is 2.27. The van der Waals surface area contributed by atoms with E-state index < -0.39 is 51.8 Å². The molecule has 3 unspecified atom stereocenters. The fourth-order valence-corrected chi connectivity index (χ4v) is 7.16. The zero-order chi connectivity index (χ0) is 42.6. The Labute approximate surface area is 354 Å². The van der Waals surface area contributed by atoms with Gasteiger partial charge < -0.3 is 24.6 Å². The minimum Gasteiger partial charge on any atom is -0.462 e. The number of carbonyl (C=O) groups excluding carboxylic acids is 2. The fraction of sp³-hybridized carbons (Fsp3) is 0.830. The Kier molecular flexibility index (Phi) is 41.9. The molecule has 0 aromatic carbocycles. The van der Waals surface area contributed by atoms with Crippen LogP contribution in [0.1, 0.15) is 213 Å². The Bertz CT molecular complexity index is 1060. The van der Waals surface area contributed by atoms with E-state index in [0.717, 1.165) is 70.6 Å². The third-order valence-electron chi connectivity index (χ3n) is 10.0. The van der Waals surface area contributed by atoms with Crippen molar-refractivity contribution >= 4 is 19.8 Å². The highest BCUT2D eigenvalue weighted by molar-refractivity contribution is 7.47. The summed E-state index contributed by atoms with van der Waals surface area (Å²) in [4.78, 5) is 35.0. The number of phosphoric ester groups is 1. The lowest BCUT2D eigenvalue weighted by atomic mass is 10.1. The molecule has 11 heteroatoms. The lowest BCUT2D eigenvalue weighted by Crippen LogP contribution is -2.29. The van der Waals surface area contributed by atoms with Gasteiger partial charge in [0.2, 0.25) is 0 Å². The van der Waals surface area contributed by atoms with E-state index in [1.54, 1.807) is 0 Å². The lowest BCUT2D eigenvalue weighted by molar-refractivity contribution is -0.161. The standard InChI is InChI=1S/C47H87O10P/c1-3-5-7-9-11-13-15-17-19-20-21-22-23-24-25-27-29-31-33-35-37-39-47(51)57-45(43-56-58(52,53)55-41-44(49)40-48)42-54-46(50)38-36-34-32-30-28-26-18-16-14-12-10-8-6-4-2/h15-18,20-21,44-45,48-49H,3-14,19,22-43H2,1-2H3,(H,52,53)/b17-15-,18-16-,21-20-. The first-order valence-corrected chi connectivity index (χ1v) is 24.9. The molecule has 0 aliphatic carbocycles. The average molecular weight is 843 g/mol. The van der Waals surface area contributed by atoms with Crippen LogP contribution in [0.3, 0.4) is 0 Å². The zero-order valence-corrected chi connectivity index (χ0v) is 37.9. The first-order valence-electron chi connectivity index (χ1n) is 23.4. The number of esters is 2. The van der Waals surface area contributed by atoms with Crippen LogP contribution in [-0.2, 0) is 32.7 Å². The third-order valence-corrected chi connectivity index (χ3v) is 11.0. The topological polar surface area (TPSA) is 149 Å². The van der Waals surface area contributed by atoms with Crippen LogP contribution in [-0.4, -0.2) is 65.7 Å². The first kappa shape index (κ1) is 56.2. The SMILES string of the molecule is CCCCCCC/C=C\C/C=C\CCCCCCCCCCCC(=O)OC(COC(=O)CCCCCCC/C=C\CCCCCCC)COP(=O)(O)OCC(O)CO. The number of rotatable bonds is 44. The Morgan fingerprint density at radius 1 is 0.517 bits per heavy atom. The quantitative estimate of drug-likeness (QED) is 0.0234. The van der Waals surface area contributed by atoms with E-state index in [1.807, 2.05) is 0 Å². The molecule has 0 aliphatic rings. The predicted molar refractivity (Wildman–Crippen MR) is 238 cm³/mol. The van der Waals surface area contributed by atoms with Crippen LogP contribution in [0.25, 0.3) is 0 Å². The molecule has 340 valence electrons. The third kappa shape index (κ3) is 42.3. The van der Waals surface area contributed by atoms with Gasteiger partial charge in [0.05, 0.1) is 19.8 Å². The van der Waals surface area contributed by atoms with Crippen LogP contribution in [0, 0.1) is 0 Å². The number of unbranched alkanes of at least 4 members (excludes halogenated alkanes) is 24. The number of aliphatic hydroxyl groups excluding tert-OH is 2. The summed E-state index contributed by atoms with van der Waals surface area (Å²) in [7, 11) is -4.62. The van der Waals surface area contributed by atoms with E-state index in [4.69, 9.17) is 23.6 Å². The molecule has 0 amide bonds. The van der Waals surface area contributed by atoms with Crippen LogP contribution in [0.4, 0.5) is 0 Å². The monoisotopic (exact) mass is 843 g/mol. The van der Waals surface area contributed by atoms with E-state index in [9.17, 15) is 24.2 Å². The summed E-state index contributed by atoms with van der Waals surface area (Å²) in [5, 5.41) is 18.4. The molecule has 3 N–H and O–H groups in total. The molecule has 0 saturated carbocycles. The first-order chi connectivity index (χ1) is 28.2. The zero-order valence-electron chi connectivity index (χ0n) is 37.0. The van der Waals surface area contributed by atoms with Gasteiger partial charge >= 0.3 is 19.8 Å². The molecule has 0 aromatic heterocycles. The smallest absolute Gasteiger partial charge is 0.462 e. The fourth-order valence-electron chi connectivity index (χ4n) is 6.37. The van der Waals surface area contributed by atoms with Crippen LogP contribution in [0.5, 0.6) is 0 Å². The number of aliphatic hydroxyl groups is 2. The normalized spacial score (nSPS) is 14.1. The van der Waals surface area contributed by atoms with Gasteiger partial charge in [-0.1, -0.05) is 166 Å². The van der Waals surface area contributed by atoms with Crippen molar-refractivity contribution in [3.05, 3.63) is 36.5 Å².